The van der Waals surface area contributed by atoms with Crippen LogP contribution in [-0.2, 0) is 6.54 Å². The third kappa shape index (κ3) is 3.36. The molecule has 0 bridgehead atoms. The van der Waals surface area contributed by atoms with E-state index in [9.17, 15) is 13.2 Å². The number of methoxy groups -OCH3 is 1. The van der Waals surface area contributed by atoms with E-state index in [1.165, 1.54) is 19.2 Å². The van der Waals surface area contributed by atoms with Gasteiger partial charge in [-0.25, -0.2) is 18.2 Å². The summed E-state index contributed by atoms with van der Waals surface area (Å²) >= 11 is 6.04. The van der Waals surface area contributed by atoms with Gasteiger partial charge in [0.15, 0.2) is 11.6 Å². The number of halogens is 4. The van der Waals surface area contributed by atoms with E-state index in [2.05, 4.69) is 4.98 Å². The molecule has 3 aromatic carbocycles. The molecular weight excluding hydrogens is 415 g/mol. The molecule has 0 aliphatic rings. The molecule has 0 unspecified atom stereocenters. The summed E-state index contributed by atoms with van der Waals surface area (Å²) < 4.78 is 49.5. The van der Waals surface area contributed by atoms with E-state index in [1.54, 1.807) is 34.9 Å². The minimum atomic E-state index is -1.05. The van der Waals surface area contributed by atoms with Crippen LogP contribution in [0.15, 0.2) is 48.5 Å². The lowest BCUT2D eigenvalue weighted by Crippen LogP contribution is -2.06. The molecule has 8 heteroatoms. The van der Waals surface area contributed by atoms with E-state index in [-0.39, 0.29) is 28.7 Å². The average Bonchev–Trinajstić information content (AvgIpc) is 3.06. The smallest absolute Gasteiger partial charge is 0.161 e. The first-order chi connectivity index (χ1) is 14.4. The molecule has 1 heterocycles. The Hall–Kier alpha value is -3.50. The van der Waals surface area contributed by atoms with Crippen LogP contribution in [0.5, 0.6) is 5.75 Å². The largest absolute Gasteiger partial charge is 0.496 e. The van der Waals surface area contributed by atoms with Crippen molar-refractivity contribution in [3.05, 3.63) is 82.1 Å². The van der Waals surface area contributed by atoms with Gasteiger partial charge in [0.25, 0.3) is 0 Å². The zero-order valence-corrected chi connectivity index (χ0v) is 16.3. The Morgan fingerprint density at radius 3 is 2.60 bits per heavy atom. The van der Waals surface area contributed by atoms with Gasteiger partial charge in [0, 0.05) is 22.7 Å². The Bertz CT molecular complexity index is 1330. The first-order valence-corrected chi connectivity index (χ1v) is 9.17. The summed E-state index contributed by atoms with van der Waals surface area (Å²) in [4.78, 5) is 4.44. The second-order valence-corrected chi connectivity index (χ2v) is 6.95. The Labute approximate surface area is 174 Å². The van der Waals surface area contributed by atoms with Crippen molar-refractivity contribution in [2.45, 2.75) is 6.54 Å². The van der Waals surface area contributed by atoms with Crippen molar-refractivity contribution < 1.29 is 17.9 Å². The summed E-state index contributed by atoms with van der Waals surface area (Å²) in [6, 6.07) is 13.1. The first kappa shape index (κ1) is 19.8. The molecule has 4 rings (SSSR count). The normalized spacial score (nSPS) is 10.9. The maximum Gasteiger partial charge on any atom is 0.161 e. The summed E-state index contributed by atoms with van der Waals surface area (Å²) in [5, 5.41) is 9.54. The van der Waals surface area contributed by atoms with Crippen molar-refractivity contribution in [3.8, 4) is 23.2 Å². The Morgan fingerprint density at radius 2 is 1.87 bits per heavy atom. The maximum atomic E-state index is 14.7. The number of hydrogen-bond donors (Lipinski definition) is 0. The number of rotatable bonds is 4. The highest BCUT2D eigenvalue weighted by atomic mass is 35.5. The third-order valence-corrected chi connectivity index (χ3v) is 4.96. The second kappa shape index (κ2) is 7.73. The van der Waals surface area contributed by atoms with Gasteiger partial charge in [-0.05, 0) is 24.3 Å². The average molecular weight is 428 g/mol. The van der Waals surface area contributed by atoms with E-state index >= 15 is 0 Å². The van der Waals surface area contributed by atoms with Crippen molar-refractivity contribution in [1.82, 2.24) is 9.55 Å². The number of nitrogens with zero attached hydrogens (tertiary/aromatic N) is 3. The molecule has 0 amide bonds. The number of hydrogen-bond acceptors (Lipinski definition) is 3. The fourth-order valence-electron chi connectivity index (χ4n) is 3.29. The number of imidazole rings is 1. The Morgan fingerprint density at radius 1 is 1.10 bits per heavy atom. The Kier molecular flexibility index (Phi) is 5.10. The lowest BCUT2D eigenvalue weighted by molar-refractivity contribution is 0.416. The monoisotopic (exact) mass is 427 g/mol. The van der Waals surface area contributed by atoms with Gasteiger partial charge in [-0.3, -0.25) is 0 Å². The third-order valence-electron chi connectivity index (χ3n) is 4.72. The molecule has 4 aromatic rings. The van der Waals surface area contributed by atoms with Crippen molar-refractivity contribution in [2.75, 3.05) is 7.11 Å². The molecule has 0 fully saturated rings. The highest BCUT2D eigenvalue weighted by molar-refractivity contribution is 6.30. The van der Waals surface area contributed by atoms with Crippen LogP contribution in [0.4, 0.5) is 13.2 Å². The van der Waals surface area contributed by atoms with E-state index in [1.807, 2.05) is 0 Å². The van der Waals surface area contributed by atoms with Gasteiger partial charge < -0.3 is 9.30 Å². The minimum absolute atomic E-state index is 0.0654. The summed E-state index contributed by atoms with van der Waals surface area (Å²) in [5.74, 6) is -2.07. The standard InChI is InChI=1S/C22H13ClF3N3O/c1-30-20-7-14(23)5-6-15(20)22-28-18-8-16(24)17(25)9-19(18)29(22)11-13-4-2-3-12(10-27)21(13)26/h2-9H,11H2,1H3. The van der Waals surface area contributed by atoms with E-state index in [0.717, 1.165) is 12.1 Å². The fourth-order valence-corrected chi connectivity index (χ4v) is 3.46. The lowest BCUT2D eigenvalue weighted by Gasteiger charge is -2.13. The lowest BCUT2D eigenvalue weighted by atomic mass is 10.1. The molecule has 30 heavy (non-hydrogen) atoms. The zero-order valence-electron chi connectivity index (χ0n) is 15.6. The molecule has 0 aliphatic heterocycles. The summed E-state index contributed by atoms with van der Waals surface area (Å²) in [6.07, 6.45) is 0. The van der Waals surface area contributed by atoms with Crippen LogP contribution in [-0.4, -0.2) is 16.7 Å². The number of aromatic nitrogens is 2. The van der Waals surface area contributed by atoms with Gasteiger partial charge in [0.05, 0.1) is 35.8 Å². The molecule has 150 valence electrons. The molecule has 0 atom stereocenters. The van der Waals surface area contributed by atoms with Gasteiger partial charge >= 0.3 is 0 Å². The van der Waals surface area contributed by atoms with Crippen LogP contribution in [0.3, 0.4) is 0 Å². The van der Waals surface area contributed by atoms with E-state index in [0.29, 0.717) is 22.2 Å². The maximum absolute atomic E-state index is 14.7. The second-order valence-electron chi connectivity index (χ2n) is 6.51. The molecule has 0 aliphatic carbocycles. The summed E-state index contributed by atoms with van der Waals surface area (Å²) in [7, 11) is 1.46. The molecular formula is C22H13ClF3N3O. The van der Waals surface area contributed by atoms with Crippen LogP contribution >= 0.6 is 11.6 Å². The van der Waals surface area contributed by atoms with Crippen molar-refractivity contribution in [1.29, 1.82) is 5.26 Å². The fraction of sp³-hybridized carbons (Fsp3) is 0.0909. The minimum Gasteiger partial charge on any atom is -0.496 e. The Balaban J connectivity index is 1.99. The number of ether oxygens (including phenoxy) is 1. The van der Waals surface area contributed by atoms with Crippen LogP contribution < -0.4 is 4.74 Å². The number of fused-ring (bicyclic) bond motifs is 1. The quantitative estimate of drug-likeness (QED) is 0.419. The molecule has 0 saturated heterocycles. The number of benzene rings is 3. The molecule has 0 radical (unpaired) electrons. The molecule has 4 nitrogen and oxygen atoms in total. The summed E-state index contributed by atoms with van der Waals surface area (Å²) in [5.41, 5.74) is 1.06. The van der Waals surface area contributed by atoms with Crippen LogP contribution in [0.2, 0.25) is 5.02 Å². The van der Waals surface area contributed by atoms with Crippen molar-refractivity contribution in [3.63, 3.8) is 0 Å². The van der Waals surface area contributed by atoms with Gasteiger partial charge in [-0.15, -0.1) is 0 Å². The first-order valence-electron chi connectivity index (χ1n) is 8.79. The SMILES string of the molecule is COc1cc(Cl)ccc1-c1nc2cc(F)c(F)cc2n1Cc1cccc(C#N)c1F. The van der Waals surface area contributed by atoms with Crippen molar-refractivity contribution >= 4 is 22.6 Å². The highest BCUT2D eigenvalue weighted by Crippen LogP contribution is 2.35. The number of nitriles is 1. The van der Waals surface area contributed by atoms with Crippen LogP contribution in [0, 0.1) is 28.8 Å². The van der Waals surface area contributed by atoms with E-state index < -0.39 is 17.5 Å². The molecule has 0 N–H and O–H groups in total. The summed E-state index contributed by atoms with van der Waals surface area (Å²) in [6.45, 7) is -0.0654. The predicted octanol–water partition coefficient (Wildman–Crippen LogP) is 5.70. The van der Waals surface area contributed by atoms with Gasteiger partial charge in [0.1, 0.15) is 23.5 Å². The van der Waals surface area contributed by atoms with Crippen LogP contribution in [0.25, 0.3) is 22.4 Å². The van der Waals surface area contributed by atoms with Gasteiger partial charge in [-0.2, -0.15) is 5.26 Å². The van der Waals surface area contributed by atoms with Crippen molar-refractivity contribution in [2.24, 2.45) is 0 Å². The predicted molar refractivity (Wildman–Crippen MR) is 107 cm³/mol. The zero-order chi connectivity index (χ0) is 21.4. The van der Waals surface area contributed by atoms with Crippen LogP contribution in [0.1, 0.15) is 11.1 Å². The molecule has 0 spiro atoms. The van der Waals surface area contributed by atoms with E-state index in [4.69, 9.17) is 21.6 Å². The van der Waals surface area contributed by atoms with Gasteiger partial charge in [0.2, 0.25) is 0 Å². The topological polar surface area (TPSA) is 50.8 Å². The van der Waals surface area contributed by atoms with Gasteiger partial charge in [-0.1, -0.05) is 23.7 Å². The highest BCUT2D eigenvalue weighted by Gasteiger charge is 2.20. The molecule has 1 aromatic heterocycles. The molecule has 0 saturated carbocycles.